The number of nitrogens with one attached hydrogen (secondary N) is 1. The molecule has 0 radical (unpaired) electrons. The molecule has 4 heterocycles. The predicted molar refractivity (Wildman–Crippen MR) is 135 cm³/mol. The number of aromatic nitrogens is 5. The number of aryl methyl sites for hydroxylation is 2. The molecule has 1 aliphatic rings. The zero-order valence-electron chi connectivity index (χ0n) is 19.2. The summed E-state index contributed by atoms with van der Waals surface area (Å²) < 4.78 is 7.13. The van der Waals surface area contributed by atoms with Crippen molar-refractivity contribution in [2.45, 2.75) is 25.4 Å². The minimum atomic E-state index is -0.103. The molecule has 0 bridgehead atoms. The van der Waals surface area contributed by atoms with Crippen LogP contribution in [-0.4, -0.2) is 63.0 Å². The van der Waals surface area contributed by atoms with Gasteiger partial charge < -0.3 is 15.0 Å². The highest BCUT2D eigenvalue weighted by Gasteiger charge is 2.17. The van der Waals surface area contributed by atoms with Gasteiger partial charge in [0, 0.05) is 46.7 Å². The molecule has 4 aromatic rings. The number of hydrogen-bond acceptors (Lipinski definition) is 9. The lowest BCUT2D eigenvalue weighted by molar-refractivity contribution is -0.115. The van der Waals surface area contributed by atoms with Gasteiger partial charge in [-0.1, -0.05) is 23.9 Å². The maximum Gasteiger partial charge on any atom is 0.253 e. The second kappa shape index (κ2) is 9.69. The van der Waals surface area contributed by atoms with Crippen LogP contribution in [-0.2, 0) is 16.0 Å². The first-order valence-electron chi connectivity index (χ1n) is 11.0. The Morgan fingerprint density at radius 3 is 2.65 bits per heavy atom. The lowest BCUT2D eigenvalue weighted by Gasteiger charge is -2.26. The number of carbonyl (C=O) groups excluding carboxylic acids is 1. The molecule has 1 saturated heterocycles. The molecule has 176 valence electrons. The summed E-state index contributed by atoms with van der Waals surface area (Å²) in [6.07, 6.45) is 2.14. The number of anilines is 2. The Labute approximate surface area is 205 Å². The van der Waals surface area contributed by atoms with Gasteiger partial charge in [0.25, 0.3) is 5.78 Å². The van der Waals surface area contributed by atoms with Gasteiger partial charge in [0.1, 0.15) is 0 Å². The van der Waals surface area contributed by atoms with Gasteiger partial charge in [0.15, 0.2) is 5.13 Å². The van der Waals surface area contributed by atoms with Crippen molar-refractivity contribution in [2.75, 3.05) is 42.8 Å². The molecule has 0 spiro atoms. The maximum absolute atomic E-state index is 12.8. The number of thiazole rings is 1. The molecule has 1 aromatic carbocycles. The van der Waals surface area contributed by atoms with Crippen LogP contribution in [0.4, 0.5) is 10.8 Å². The fourth-order valence-electron chi connectivity index (χ4n) is 3.92. The van der Waals surface area contributed by atoms with E-state index in [1.165, 1.54) is 11.8 Å². The maximum atomic E-state index is 12.8. The molecule has 3 aromatic heterocycles. The van der Waals surface area contributed by atoms with E-state index in [-0.39, 0.29) is 12.3 Å². The van der Waals surface area contributed by atoms with Crippen LogP contribution >= 0.6 is 23.1 Å². The molecule has 1 aliphatic heterocycles. The largest absolute Gasteiger partial charge is 0.378 e. The normalized spacial score (nSPS) is 14.0. The van der Waals surface area contributed by atoms with E-state index < -0.39 is 0 Å². The van der Waals surface area contributed by atoms with Crippen molar-refractivity contribution >= 4 is 45.6 Å². The topological polar surface area (TPSA) is 97.5 Å². The minimum absolute atomic E-state index is 0.103. The van der Waals surface area contributed by atoms with Crippen LogP contribution < -0.4 is 10.2 Å². The number of benzene rings is 1. The Hall–Kier alpha value is -3.02. The van der Waals surface area contributed by atoms with Gasteiger partial charge in [-0.2, -0.15) is 4.98 Å². The zero-order valence-corrected chi connectivity index (χ0v) is 20.9. The Bertz CT molecular complexity index is 1330. The Kier molecular flexibility index (Phi) is 6.48. The molecule has 1 fully saturated rings. The number of fused-ring (bicyclic) bond motifs is 1. The van der Waals surface area contributed by atoms with Gasteiger partial charge in [0.05, 0.1) is 25.3 Å². The van der Waals surface area contributed by atoms with E-state index in [0.29, 0.717) is 10.9 Å². The van der Waals surface area contributed by atoms with Crippen LogP contribution in [0.2, 0.25) is 0 Å². The second-order valence-corrected chi connectivity index (χ2v) is 9.60. The average molecular weight is 496 g/mol. The van der Waals surface area contributed by atoms with Crippen LogP contribution in [0.25, 0.3) is 17.0 Å². The number of morpholine rings is 1. The van der Waals surface area contributed by atoms with Crippen LogP contribution in [0.1, 0.15) is 17.0 Å². The average Bonchev–Trinajstić information content (AvgIpc) is 3.50. The number of amides is 1. The van der Waals surface area contributed by atoms with E-state index in [0.717, 1.165) is 65.3 Å². The van der Waals surface area contributed by atoms with Gasteiger partial charge in [-0.25, -0.2) is 14.5 Å². The molecule has 1 N–H and O–H groups in total. The van der Waals surface area contributed by atoms with Crippen molar-refractivity contribution in [3.8, 4) is 11.3 Å². The Balaban J connectivity index is 1.26. The third-order valence-electron chi connectivity index (χ3n) is 5.79. The summed E-state index contributed by atoms with van der Waals surface area (Å²) in [7, 11) is 0. The highest BCUT2D eigenvalue weighted by Crippen LogP contribution is 2.29. The lowest BCUT2D eigenvalue weighted by Crippen LogP contribution is -2.36. The van der Waals surface area contributed by atoms with Gasteiger partial charge >= 0.3 is 0 Å². The molecule has 0 aliphatic carbocycles. The number of ether oxygens (including phenoxy) is 1. The summed E-state index contributed by atoms with van der Waals surface area (Å²) in [5, 5.41) is 11.2. The van der Waals surface area contributed by atoms with Gasteiger partial charge in [0.2, 0.25) is 11.1 Å². The first-order chi connectivity index (χ1) is 16.5. The molecular formula is C23H25N7O2S2. The van der Waals surface area contributed by atoms with Gasteiger partial charge in [-0.3, -0.25) is 4.79 Å². The van der Waals surface area contributed by atoms with Crippen molar-refractivity contribution in [3.05, 3.63) is 46.6 Å². The monoisotopic (exact) mass is 495 g/mol. The van der Waals surface area contributed by atoms with E-state index in [1.807, 2.05) is 44.4 Å². The Morgan fingerprint density at radius 1 is 1.15 bits per heavy atom. The molecule has 34 heavy (non-hydrogen) atoms. The van der Waals surface area contributed by atoms with Gasteiger partial charge in [-0.05, 0) is 32.2 Å². The number of thioether (sulfide) groups is 1. The molecular weight excluding hydrogens is 470 g/mol. The van der Waals surface area contributed by atoms with Crippen molar-refractivity contribution in [1.82, 2.24) is 24.6 Å². The summed E-state index contributed by atoms with van der Waals surface area (Å²) in [6.45, 7) is 7.06. The SMILES string of the molecule is CSc1nc2nc(C)c(CC(=O)Nc3ccc(-c4csc(N5CCOCC5)n4)cc3)c(C)n2n1. The minimum Gasteiger partial charge on any atom is -0.378 e. The van der Waals surface area contributed by atoms with E-state index in [1.54, 1.807) is 15.9 Å². The molecule has 0 unspecified atom stereocenters. The summed E-state index contributed by atoms with van der Waals surface area (Å²) >= 11 is 3.11. The third kappa shape index (κ3) is 4.63. The molecule has 9 nitrogen and oxygen atoms in total. The highest BCUT2D eigenvalue weighted by molar-refractivity contribution is 7.98. The number of hydrogen-bond donors (Lipinski definition) is 1. The summed E-state index contributed by atoms with van der Waals surface area (Å²) in [5.74, 6) is 0.450. The smallest absolute Gasteiger partial charge is 0.253 e. The summed E-state index contributed by atoms with van der Waals surface area (Å²) in [5.41, 5.74) is 5.22. The first kappa shape index (κ1) is 22.8. The molecule has 0 atom stereocenters. The van der Waals surface area contributed by atoms with Crippen molar-refractivity contribution in [1.29, 1.82) is 0 Å². The van der Waals surface area contributed by atoms with Crippen LogP contribution in [0.15, 0.2) is 34.8 Å². The fourth-order valence-corrected chi connectivity index (χ4v) is 5.14. The number of carbonyl (C=O) groups is 1. The second-order valence-electron chi connectivity index (χ2n) is 7.99. The van der Waals surface area contributed by atoms with E-state index in [9.17, 15) is 4.79 Å². The molecule has 0 saturated carbocycles. The summed E-state index contributed by atoms with van der Waals surface area (Å²) in [4.78, 5) is 28.8. The molecule has 5 rings (SSSR count). The quantitative estimate of drug-likeness (QED) is 0.405. The standard InChI is InChI=1S/C23H25N7O2S2/c1-14-18(15(2)30-21(24-14)27-22(28-30)33-3)12-20(31)25-17-6-4-16(5-7-17)19-13-34-23(26-19)29-8-10-32-11-9-29/h4-7,13H,8-12H2,1-3H3,(H,25,31). The van der Waals surface area contributed by atoms with E-state index in [2.05, 4.69) is 30.7 Å². The number of rotatable bonds is 6. The number of nitrogens with zero attached hydrogens (tertiary/aromatic N) is 6. The van der Waals surface area contributed by atoms with Crippen molar-refractivity contribution < 1.29 is 9.53 Å². The van der Waals surface area contributed by atoms with Crippen molar-refractivity contribution in [3.63, 3.8) is 0 Å². The Morgan fingerprint density at radius 2 is 1.91 bits per heavy atom. The van der Waals surface area contributed by atoms with E-state index in [4.69, 9.17) is 9.72 Å². The molecule has 1 amide bonds. The summed E-state index contributed by atoms with van der Waals surface area (Å²) in [6, 6.07) is 7.78. The lowest BCUT2D eigenvalue weighted by atomic mass is 10.1. The van der Waals surface area contributed by atoms with Gasteiger partial charge in [-0.15, -0.1) is 16.4 Å². The zero-order chi connectivity index (χ0) is 23.7. The third-order valence-corrected chi connectivity index (χ3v) is 7.23. The van der Waals surface area contributed by atoms with Crippen LogP contribution in [0.5, 0.6) is 0 Å². The first-order valence-corrected chi connectivity index (χ1v) is 13.1. The molecule has 11 heteroatoms. The van der Waals surface area contributed by atoms with Crippen LogP contribution in [0.3, 0.4) is 0 Å². The van der Waals surface area contributed by atoms with E-state index >= 15 is 0 Å². The highest BCUT2D eigenvalue weighted by atomic mass is 32.2. The fraction of sp³-hybridized carbons (Fsp3) is 0.348. The van der Waals surface area contributed by atoms with Crippen molar-refractivity contribution in [2.24, 2.45) is 0 Å². The van der Waals surface area contributed by atoms with Crippen LogP contribution in [0, 0.1) is 13.8 Å². The predicted octanol–water partition coefficient (Wildman–Crippen LogP) is 3.60.